The van der Waals surface area contributed by atoms with Crippen LogP contribution in [0, 0.1) is 6.92 Å². The second kappa shape index (κ2) is 4.75. The van der Waals surface area contributed by atoms with Crippen LogP contribution in [0.5, 0.6) is 0 Å². The third kappa shape index (κ3) is 2.48. The molecule has 0 fully saturated rings. The van der Waals surface area contributed by atoms with Crippen molar-refractivity contribution in [3.63, 3.8) is 0 Å². The van der Waals surface area contributed by atoms with E-state index in [-0.39, 0.29) is 12.5 Å². The highest BCUT2D eigenvalue weighted by Gasteiger charge is 2.12. The van der Waals surface area contributed by atoms with Crippen LogP contribution in [0.3, 0.4) is 0 Å². The Morgan fingerprint density at radius 1 is 1.69 bits per heavy atom. The monoisotopic (exact) mass is 301 g/mol. The largest absolute Gasteiger partial charge is 0.342 e. The van der Waals surface area contributed by atoms with Gasteiger partial charge in [0, 0.05) is 4.47 Å². The number of nitrogens with one attached hydrogen (secondary N) is 1. The lowest BCUT2D eigenvalue weighted by Gasteiger charge is -1.99. The average molecular weight is 302 g/mol. The zero-order valence-corrected chi connectivity index (χ0v) is 10.8. The van der Waals surface area contributed by atoms with E-state index >= 15 is 0 Å². The summed E-state index contributed by atoms with van der Waals surface area (Å²) in [5.41, 5.74) is 0. The van der Waals surface area contributed by atoms with Crippen LogP contribution in [-0.4, -0.2) is 16.0 Å². The summed E-state index contributed by atoms with van der Waals surface area (Å²) >= 11 is 4.67. The first-order valence-electron chi connectivity index (χ1n) is 4.47. The summed E-state index contributed by atoms with van der Waals surface area (Å²) in [4.78, 5) is 16.3. The molecule has 0 spiro atoms. The van der Waals surface area contributed by atoms with Gasteiger partial charge in [-0.15, -0.1) is 11.3 Å². The number of nitrogens with zero attached hydrogens (tertiary/aromatic N) is 2. The molecular formula is C9H8BrN3O2S. The molecule has 7 heteroatoms. The fourth-order valence-electron chi connectivity index (χ4n) is 1.10. The molecule has 16 heavy (non-hydrogen) atoms. The molecule has 84 valence electrons. The molecule has 0 aliphatic heterocycles. The molecule has 0 radical (unpaired) electrons. The third-order valence-electron chi connectivity index (χ3n) is 1.79. The molecule has 0 unspecified atom stereocenters. The van der Waals surface area contributed by atoms with Crippen LogP contribution in [0.2, 0.25) is 0 Å². The van der Waals surface area contributed by atoms with Crippen molar-refractivity contribution in [2.45, 2.75) is 13.5 Å². The quantitative estimate of drug-likeness (QED) is 0.943. The molecule has 1 N–H and O–H groups in total. The lowest BCUT2D eigenvalue weighted by Crippen LogP contribution is -2.22. The lowest BCUT2D eigenvalue weighted by atomic mass is 10.4. The number of thiophene rings is 1. The van der Waals surface area contributed by atoms with Gasteiger partial charge in [-0.25, -0.2) is 0 Å². The smallest absolute Gasteiger partial charge is 0.262 e. The molecule has 0 atom stereocenters. The fraction of sp³-hybridized carbons (Fsp3) is 0.222. The van der Waals surface area contributed by atoms with Crippen molar-refractivity contribution < 1.29 is 9.32 Å². The van der Waals surface area contributed by atoms with Crippen molar-refractivity contribution in [1.82, 2.24) is 15.5 Å². The van der Waals surface area contributed by atoms with Crippen LogP contribution in [0.25, 0.3) is 0 Å². The summed E-state index contributed by atoms with van der Waals surface area (Å²) in [6.07, 6.45) is 0. The van der Waals surface area contributed by atoms with E-state index < -0.39 is 0 Å². The van der Waals surface area contributed by atoms with Gasteiger partial charge < -0.3 is 9.84 Å². The number of hydrogen-bond donors (Lipinski definition) is 1. The van der Waals surface area contributed by atoms with Gasteiger partial charge in [-0.3, -0.25) is 4.79 Å². The first kappa shape index (κ1) is 11.3. The number of aryl methyl sites for hydroxylation is 1. The van der Waals surface area contributed by atoms with Gasteiger partial charge in [-0.05, 0) is 34.3 Å². The summed E-state index contributed by atoms with van der Waals surface area (Å²) < 4.78 is 5.67. The van der Waals surface area contributed by atoms with Gasteiger partial charge in [0.1, 0.15) is 4.88 Å². The molecule has 0 bridgehead atoms. The molecular weight excluding hydrogens is 294 g/mol. The molecule has 0 aromatic carbocycles. The van der Waals surface area contributed by atoms with Crippen molar-refractivity contribution in [2.24, 2.45) is 0 Å². The maximum atomic E-state index is 11.7. The maximum absolute atomic E-state index is 11.7. The topological polar surface area (TPSA) is 68.0 Å². The maximum Gasteiger partial charge on any atom is 0.262 e. The van der Waals surface area contributed by atoms with Gasteiger partial charge in [0.15, 0.2) is 5.82 Å². The average Bonchev–Trinajstić information content (AvgIpc) is 2.84. The van der Waals surface area contributed by atoms with Crippen LogP contribution in [0.1, 0.15) is 21.4 Å². The van der Waals surface area contributed by atoms with Crippen LogP contribution >= 0.6 is 27.3 Å². The van der Waals surface area contributed by atoms with Crippen LogP contribution < -0.4 is 5.32 Å². The molecule has 0 aliphatic carbocycles. The number of aromatic nitrogens is 2. The summed E-state index contributed by atoms with van der Waals surface area (Å²) in [6.45, 7) is 1.97. The minimum absolute atomic E-state index is 0.155. The van der Waals surface area contributed by atoms with E-state index in [1.54, 1.807) is 6.92 Å². The molecule has 5 nitrogen and oxygen atoms in total. The van der Waals surface area contributed by atoms with Gasteiger partial charge in [0.2, 0.25) is 5.89 Å². The summed E-state index contributed by atoms with van der Waals surface area (Å²) in [5, 5.41) is 8.17. The van der Waals surface area contributed by atoms with Crippen molar-refractivity contribution in [3.05, 3.63) is 32.5 Å². The van der Waals surface area contributed by atoms with Gasteiger partial charge in [-0.1, -0.05) is 5.16 Å². The predicted octanol–water partition coefficient (Wildman–Crippen LogP) is 2.13. The zero-order valence-electron chi connectivity index (χ0n) is 8.36. The van der Waals surface area contributed by atoms with Crippen LogP contribution in [-0.2, 0) is 6.54 Å². The molecule has 0 saturated heterocycles. The third-order valence-corrected chi connectivity index (χ3v) is 3.63. The zero-order chi connectivity index (χ0) is 11.5. The van der Waals surface area contributed by atoms with Crippen molar-refractivity contribution in [3.8, 4) is 0 Å². The molecule has 2 heterocycles. The van der Waals surface area contributed by atoms with Crippen molar-refractivity contribution in [2.75, 3.05) is 0 Å². The van der Waals surface area contributed by atoms with Crippen molar-refractivity contribution in [1.29, 1.82) is 0 Å². The predicted molar refractivity (Wildman–Crippen MR) is 62.2 cm³/mol. The molecule has 2 aromatic heterocycles. The number of halogens is 1. The second-order valence-corrected chi connectivity index (χ2v) is 4.79. The van der Waals surface area contributed by atoms with Gasteiger partial charge in [-0.2, -0.15) is 4.98 Å². The van der Waals surface area contributed by atoms with Crippen LogP contribution in [0.15, 0.2) is 20.4 Å². The lowest BCUT2D eigenvalue weighted by molar-refractivity contribution is 0.0949. The van der Waals surface area contributed by atoms with E-state index in [2.05, 4.69) is 31.4 Å². The Morgan fingerprint density at radius 2 is 2.50 bits per heavy atom. The number of hydrogen-bond acceptors (Lipinski definition) is 5. The number of amides is 1. The van der Waals surface area contributed by atoms with E-state index in [9.17, 15) is 4.79 Å². The summed E-state index contributed by atoms with van der Waals surface area (Å²) in [7, 11) is 0. The van der Waals surface area contributed by atoms with E-state index in [4.69, 9.17) is 4.52 Å². The summed E-state index contributed by atoms with van der Waals surface area (Å²) in [5.74, 6) is 0.804. The Labute approximate surface area is 104 Å². The minimum Gasteiger partial charge on any atom is -0.342 e. The Bertz CT molecular complexity index is 508. The number of rotatable bonds is 3. The Hall–Kier alpha value is -1.21. The van der Waals surface area contributed by atoms with Crippen molar-refractivity contribution >= 4 is 33.2 Å². The standard InChI is InChI=1S/C9H8BrN3O2S/c1-5-12-7(15-13-5)4-11-9(14)8-6(10)2-3-16-8/h2-3H,4H2,1H3,(H,11,14). The summed E-state index contributed by atoms with van der Waals surface area (Å²) in [6, 6.07) is 1.83. The molecule has 0 saturated carbocycles. The first-order valence-corrected chi connectivity index (χ1v) is 6.14. The minimum atomic E-state index is -0.155. The Kier molecular flexibility index (Phi) is 3.35. The normalized spacial score (nSPS) is 10.4. The molecule has 2 aromatic rings. The highest BCUT2D eigenvalue weighted by atomic mass is 79.9. The SMILES string of the molecule is Cc1noc(CNC(=O)c2sccc2Br)n1. The van der Waals surface area contributed by atoms with Gasteiger partial charge >= 0.3 is 0 Å². The van der Waals surface area contributed by atoms with E-state index in [0.29, 0.717) is 16.6 Å². The number of carbonyl (C=O) groups excluding carboxylic acids is 1. The van der Waals surface area contributed by atoms with Crippen LogP contribution in [0.4, 0.5) is 0 Å². The number of carbonyl (C=O) groups is 1. The molecule has 1 amide bonds. The Balaban J connectivity index is 1.96. The first-order chi connectivity index (χ1) is 7.66. The highest BCUT2D eigenvalue weighted by Crippen LogP contribution is 2.22. The Morgan fingerprint density at radius 3 is 3.06 bits per heavy atom. The highest BCUT2D eigenvalue weighted by molar-refractivity contribution is 9.10. The fourth-order valence-corrected chi connectivity index (χ4v) is 2.57. The second-order valence-electron chi connectivity index (χ2n) is 3.02. The molecule has 0 aliphatic rings. The van der Waals surface area contributed by atoms with E-state index in [0.717, 1.165) is 4.47 Å². The van der Waals surface area contributed by atoms with Gasteiger partial charge in [0.25, 0.3) is 5.91 Å². The van der Waals surface area contributed by atoms with E-state index in [1.165, 1.54) is 11.3 Å². The molecule has 2 rings (SSSR count). The van der Waals surface area contributed by atoms with E-state index in [1.807, 2.05) is 11.4 Å². The van der Waals surface area contributed by atoms with Gasteiger partial charge in [0.05, 0.1) is 6.54 Å².